The minimum atomic E-state index is -4.39. The molecule has 1 aromatic carbocycles. The summed E-state index contributed by atoms with van der Waals surface area (Å²) in [6, 6.07) is 8.46. The van der Waals surface area contributed by atoms with Gasteiger partial charge in [0.2, 0.25) is 0 Å². The van der Waals surface area contributed by atoms with Crippen LogP contribution in [0.1, 0.15) is 5.56 Å². The quantitative estimate of drug-likeness (QED) is 0.864. The van der Waals surface area contributed by atoms with Gasteiger partial charge < -0.3 is 11.5 Å². The van der Waals surface area contributed by atoms with Gasteiger partial charge in [-0.1, -0.05) is 48.6 Å². The van der Waals surface area contributed by atoms with E-state index in [0.717, 1.165) is 17.7 Å². The molecule has 2 atom stereocenters. The van der Waals surface area contributed by atoms with E-state index >= 15 is 0 Å². The van der Waals surface area contributed by atoms with Crippen molar-refractivity contribution in [3.63, 3.8) is 0 Å². The Labute approximate surface area is 109 Å². The fourth-order valence-corrected chi connectivity index (χ4v) is 2.08. The van der Waals surface area contributed by atoms with Gasteiger partial charge in [-0.3, -0.25) is 0 Å². The van der Waals surface area contributed by atoms with Gasteiger partial charge >= 0.3 is 6.18 Å². The second-order valence-corrected chi connectivity index (χ2v) is 4.75. The molecule has 0 aliphatic heterocycles. The van der Waals surface area contributed by atoms with Crippen LogP contribution in [0.4, 0.5) is 13.2 Å². The Morgan fingerprint density at radius 3 is 2.32 bits per heavy atom. The lowest BCUT2D eigenvalue weighted by Crippen LogP contribution is -2.56. The van der Waals surface area contributed by atoms with Crippen LogP contribution in [0.3, 0.4) is 0 Å². The molecule has 19 heavy (non-hydrogen) atoms. The normalized spacial score (nSPS) is 27.2. The molecular weight excluding hydrogens is 253 g/mol. The maximum absolute atomic E-state index is 12.6. The van der Waals surface area contributed by atoms with E-state index < -0.39 is 23.3 Å². The molecule has 0 bridgehead atoms. The number of hydrogen-bond acceptors (Lipinski definition) is 2. The highest BCUT2D eigenvalue weighted by atomic mass is 19.4. The number of nitrogens with two attached hydrogens (primary N) is 2. The Balaban J connectivity index is 2.20. The molecule has 2 unspecified atom stereocenters. The van der Waals surface area contributed by atoms with Gasteiger partial charge in [-0.05, 0) is 12.0 Å². The molecule has 0 fully saturated rings. The van der Waals surface area contributed by atoms with E-state index in [9.17, 15) is 13.2 Å². The van der Waals surface area contributed by atoms with Crippen LogP contribution < -0.4 is 11.5 Å². The predicted octanol–water partition coefficient (Wildman–Crippen LogP) is 2.31. The Morgan fingerprint density at radius 2 is 1.79 bits per heavy atom. The number of alkyl halides is 3. The van der Waals surface area contributed by atoms with Gasteiger partial charge in [-0.15, -0.1) is 0 Å². The van der Waals surface area contributed by atoms with Crippen molar-refractivity contribution in [2.45, 2.75) is 24.2 Å². The van der Waals surface area contributed by atoms with Gasteiger partial charge in [0.25, 0.3) is 0 Å². The molecule has 0 spiro atoms. The van der Waals surface area contributed by atoms with Gasteiger partial charge in [0, 0.05) is 6.04 Å². The third-order valence-corrected chi connectivity index (χ3v) is 3.23. The van der Waals surface area contributed by atoms with E-state index in [4.69, 9.17) is 11.5 Å². The summed E-state index contributed by atoms with van der Waals surface area (Å²) in [5, 5.41) is 0. The zero-order valence-electron chi connectivity index (χ0n) is 10.2. The first-order valence-corrected chi connectivity index (χ1v) is 5.88. The summed E-state index contributed by atoms with van der Waals surface area (Å²) in [6.45, 7) is 0. The fourth-order valence-electron chi connectivity index (χ4n) is 2.08. The molecule has 0 aromatic heterocycles. The van der Waals surface area contributed by atoms with E-state index in [2.05, 4.69) is 0 Å². The number of allylic oxidation sites excluding steroid dienone is 2. The van der Waals surface area contributed by atoms with Gasteiger partial charge in [0.1, 0.15) is 0 Å². The van der Waals surface area contributed by atoms with E-state index in [1.165, 1.54) is 6.08 Å². The number of rotatable bonds is 2. The summed E-state index contributed by atoms with van der Waals surface area (Å²) in [4.78, 5) is 0. The molecule has 0 radical (unpaired) electrons. The first kappa shape index (κ1) is 13.8. The molecule has 102 valence electrons. The summed E-state index contributed by atoms with van der Waals surface area (Å²) in [6.07, 6.45) is -0.641. The molecular formula is C14H15F3N2. The average Bonchev–Trinajstić information content (AvgIpc) is 2.33. The standard InChI is InChI=1S/C14H15F3N2/c15-14(16,17)11-6-7-13(19,12(18)8-11)9-10-4-2-1-3-5-10/h1-8,12H,9,18-19H2. The molecule has 0 saturated carbocycles. The lowest BCUT2D eigenvalue weighted by molar-refractivity contribution is -0.0889. The summed E-state index contributed by atoms with van der Waals surface area (Å²) < 4.78 is 37.7. The van der Waals surface area contributed by atoms with Crippen molar-refractivity contribution in [3.05, 3.63) is 59.7 Å². The first-order chi connectivity index (χ1) is 8.81. The first-order valence-electron chi connectivity index (χ1n) is 5.88. The van der Waals surface area contributed by atoms with E-state index in [1.807, 2.05) is 30.3 Å². The molecule has 5 heteroatoms. The maximum atomic E-state index is 12.6. The molecule has 1 aromatic rings. The highest BCUT2D eigenvalue weighted by molar-refractivity contribution is 5.38. The molecule has 0 amide bonds. The molecule has 1 aliphatic rings. The highest BCUT2D eigenvalue weighted by Crippen LogP contribution is 2.32. The Bertz CT molecular complexity index is 505. The Kier molecular flexibility index (Phi) is 3.52. The van der Waals surface area contributed by atoms with Crippen LogP contribution in [0, 0.1) is 0 Å². The van der Waals surface area contributed by atoms with Gasteiger partial charge in [0.15, 0.2) is 0 Å². The van der Waals surface area contributed by atoms with Crippen molar-refractivity contribution < 1.29 is 13.2 Å². The van der Waals surface area contributed by atoms with Crippen molar-refractivity contribution in [1.29, 1.82) is 0 Å². The number of benzene rings is 1. The van der Waals surface area contributed by atoms with Gasteiger partial charge in [0.05, 0.1) is 11.1 Å². The van der Waals surface area contributed by atoms with Crippen LogP contribution in [0.5, 0.6) is 0 Å². The molecule has 1 aliphatic carbocycles. The second-order valence-electron chi connectivity index (χ2n) is 4.75. The minimum Gasteiger partial charge on any atom is -0.323 e. The Morgan fingerprint density at radius 1 is 1.16 bits per heavy atom. The summed E-state index contributed by atoms with van der Waals surface area (Å²) in [5.41, 5.74) is 11.1. The van der Waals surface area contributed by atoms with Crippen molar-refractivity contribution in [1.82, 2.24) is 0 Å². The van der Waals surface area contributed by atoms with Crippen LogP contribution in [0.2, 0.25) is 0 Å². The number of halogens is 3. The fraction of sp³-hybridized carbons (Fsp3) is 0.286. The predicted molar refractivity (Wildman–Crippen MR) is 68.3 cm³/mol. The van der Waals surface area contributed by atoms with Crippen molar-refractivity contribution >= 4 is 0 Å². The smallest absolute Gasteiger partial charge is 0.323 e. The SMILES string of the molecule is NC1C=C(C(F)(F)F)C=CC1(N)Cc1ccccc1. The topological polar surface area (TPSA) is 52.0 Å². The van der Waals surface area contributed by atoms with Crippen molar-refractivity contribution in [2.24, 2.45) is 11.5 Å². The van der Waals surface area contributed by atoms with Crippen LogP contribution >= 0.6 is 0 Å². The van der Waals surface area contributed by atoms with Crippen LogP contribution in [-0.2, 0) is 6.42 Å². The molecule has 2 rings (SSSR count). The summed E-state index contributed by atoms with van der Waals surface area (Å²) in [7, 11) is 0. The zero-order valence-corrected chi connectivity index (χ0v) is 10.2. The third kappa shape index (κ3) is 3.05. The molecule has 4 N–H and O–H groups in total. The summed E-state index contributed by atoms with van der Waals surface area (Å²) >= 11 is 0. The molecule has 0 saturated heterocycles. The van der Waals surface area contributed by atoms with Gasteiger partial charge in [-0.25, -0.2) is 0 Å². The monoisotopic (exact) mass is 268 g/mol. The molecule has 2 nitrogen and oxygen atoms in total. The lowest BCUT2D eigenvalue weighted by Gasteiger charge is -2.34. The minimum absolute atomic E-state index is 0.396. The maximum Gasteiger partial charge on any atom is 0.416 e. The van der Waals surface area contributed by atoms with E-state index in [-0.39, 0.29) is 0 Å². The zero-order chi connectivity index (χ0) is 14.1. The van der Waals surface area contributed by atoms with E-state index in [1.54, 1.807) is 0 Å². The average molecular weight is 268 g/mol. The lowest BCUT2D eigenvalue weighted by atomic mass is 9.80. The van der Waals surface area contributed by atoms with Gasteiger partial charge in [-0.2, -0.15) is 13.2 Å². The summed E-state index contributed by atoms with van der Waals surface area (Å²) in [5.74, 6) is 0. The van der Waals surface area contributed by atoms with E-state index in [0.29, 0.717) is 6.42 Å². The highest BCUT2D eigenvalue weighted by Gasteiger charge is 2.39. The number of hydrogen-bond donors (Lipinski definition) is 2. The third-order valence-electron chi connectivity index (χ3n) is 3.23. The second kappa shape index (κ2) is 4.83. The molecule has 0 heterocycles. The van der Waals surface area contributed by atoms with Crippen LogP contribution in [0.25, 0.3) is 0 Å². The van der Waals surface area contributed by atoms with Crippen molar-refractivity contribution in [3.8, 4) is 0 Å². The Hall–Kier alpha value is -1.59. The van der Waals surface area contributed by atoms with Crippen LogP contribution in [0.15, 0.2) is 54.1 Å². The van der Waals surface area contributed by atoms with Crippen molar-refractivity contribution in [2.75, 3.05) is 0 Å². The van der Waals surface area contributed by atoms with Crippen LogP contribution in [-0.4, -0.2) is 17.8 Å². The largest absolute Gasteiger partial charge is 0.416 e.